The van der Waals surface area contributed by atoms with Gasteiger partial charge < -0.3 is 0 Å². The Labute approximate surface area is 223 Å². The van der Waals surface area contributed by atoms with Crippen molar-refractivity contribution in [3.05, 3.63) is 0 Å². The van der Waals surface area contributed by atoms with E-state index in [9.17, 15) is 9.59 Å². The predicted octanol–water partition coefficient (Wildman–Crippen LogP) is 7.18. The monoisotopic (exact) mass is 438 g/mol. The van der Waals surface area contributed by atoms with Crippen LogP contribution in [0.1, 0.15) is 142 Å². The molecule has 29 heavy (non-hydrogen) atoms. The SMILES string of the molecule is CCCCCCCCCCCC(=O)OOC(=O)CCCCCCCCCCC.[KH]. The zero-order chi connectivity index (χ0) is 20.7. The first kappa shape index (κ1) is 31.8. The Morgan fingerprint density at radius 3 is 0.966 bits per heavy atom. The summed E-state index contributed by atoms with van der Waals surface area (Å²) in [7, 11) is 0. The molecule has 0 N–H and O–H groups in total. The molecular weight excluding hydrogens is 391 g/mol. The van der Waals surface area contributed by atoms with Gasteiger partial charge in [-0.05, 0) is 12.8 Å². The number of hydrogen-bond donors (Lipinski definition) is 0. The molecule has 4 nitrogen and oxygen atoms in total. The molecule has 0 radical (unpaired) electrons. The van der Waals surface area contributed by atoms with Crippen molar-refractivity contribution in [1.29, 1.82) is 0 Å². The molecule has 0 amide bonds. The van der Waals surface area contributed by atoms with Crippen LogP contribution >= 0.6 is 0 Å². The minimum atomic E-state index is -0.427. The molecule has 0 saturated carbocycles. The molecule has 0 aliphatic rings. The van der Waals surface area contributed by atoms with Gasteiger partial charge in [0.15, 0.2) is 0 Å². The number of unbranched alkanes of at least 4 members (excludes halogenated alkanes) is 16. The van der Waals surface area contributed by atoms with E-state index in [1.807, 2.05) is 0 Å². The van der Waals surface area contributed by atoms with E-state index in [1.165, 1.54) is 77.0 Å². The molecule has 0 saturated heterocycles. The van der Waals surface area contributed by atoms with E-state index in [-0.39, 0.29) is 51.4 Å². The van der Waals surface area contributed by atoms with Gasteiger partial charge in [0.25, 0.3) is 0 Å². The van der Waals surface area contributed by atoms with Gasteiger partial charge in [0.1, 0.15) is 0 Å². The normalized spacial score (nSPS) is 10.4. The van der Waals surface area contributed by atoms with Crippen LogP contribution in [-0.4, -0.2) is 63.3 Å². The Bertz CT molecular complexity index is 327. The first-order valence-electron chi connectivity index (χ1n) is 12.1. The van der Waals surface area contributed by atoms with E-state index < -0.39 is 11.9 Å². The summed E-state index contributed by atoms with van der Waals surface area (Å²) in [5.74, 6) is -0.855. The van der Waals surface area contributed by atoms with Gasteiger partial charge in [0, 0.05) is 0 Å². The third kappa shape index (κ3) is 26.5. The van der Waals surface area contributed by atoms with Gasteiger partial charge in [-0.1, -0.05) is 117 Å². The molecule has 0 rings (SSSR count). The molecule has 0 aliphatic heterocycles. The van der Waals surface area contributed by atoms with Gasteiger partial charge in [-0.2, -0.15) is 0 Å². The van der Waals surface area contributed by atoms with Crippen LogP contribution < -0.4 is 0 Å². The van der Waals surface area contributed by atoms with Gasteiger partial charge in [-0.15, -0.1) is 0 Å². The summed E-state index contributed by atoms with van der Waals surface area (Å²) in [6.45, 7) is 4.46. The number of carbonyl (C=O) groups excluding carboxylic acids is 2. The van der Waals surface area contributed by atoms with Crippen LogP contribution in [0.15, 0.2) is 0 Å². The summed E-state index contributed by atoms with van der Waals surface area (Å²) in [6.07, 6.45) is 22.3. The van der Waals surface area contributed by atoms with Crippen LogP contribution in [0.4, 0.5) is 0 Å². The average Bonchev–Trinajstić information content (AvgIpc) is 2.69. The van der Waals surface area contributed by atoms with Crippen LogP contribution in [0.25, 0.3) is 0 Å². The van der Waals surface area contributed by atoms with Crippen molar-refractivity contribution < 1.29 is 19.4 Å². The van der Waals surface area contributed by atoms with Gasteiger partial charge in [0.05, 0.1) is 12.8 Å². The Kier molecular flexibility index (Phi) is 29.1. The van der Waals surface area contributed by atoms with Crippen molar-refractivity contribution in [1.82, 2.24) is 0 Å². The standard InChI is InChI=1S/C24H46O4.K.H/c1-3-5-7-9-11-13-15-17-19-21-23(25)27-28-24(26)22-20-18-16-14-12-10-8-6-4-2;;/h3-22H2,1-2H3;;. The molecule has 0 bridgehead atoms. The van der Waals surface area contributed by atoms with E-state index in [0.29, 0.717) is 12.8 Å². The van der Waals surface area contributed by atoms with Crippen LogP contribution in [0.2, 0.25) is 0 Å². The summed E-state index contributed by atoms with van der Waals surface area (Å²) in [4.78, 5) is 32.4. The third-order valence-electron chi connectivity index (χ3n) is 5.20. The molecule has 0 heterocycles. The molecule has 0 aromatic heterocycles. The van der Waals surface area contributed by atoms with E-state index >= 15 is 0 Å². The van der Waals surface area contributed by atoms with Crippen molar-refractivity contribution >= 4 is 63.3 Å². The molecule has 168 valence electrons. The second-order valence-corrected chi connectivity index (χ2v) is 8.07. The molecule has 0 aromatic carbocycles. The molecular formula is C24H47KO4. The fourth-order valence-corrected chi connectivity index (χ4v) is 3.34. The number of carbonyl (C=O) groups is 2. The first-order valence-corrected chi connectivity index (χ1v) is 12.1. The van der Waals surface area contributed by atoms with Crippen LogP contribution in [0, 0.1) is 0 Å². The fourth-order valence-electron chi connectivity index (χ4n) is 3.34. The summed E-state index contributed by atoms with van der Waals surface area (Å²) in [5, 5.41) is 0. The van der Waals surface area contributed by atoms with Crippen molar-refractivity contribution in [3.63, 3.8) is 0 Å². The maximum atomic E-state index is 11.6. The zero-order valence-electron chi connectivity index (χ0n) is 18.8. The summed E-state index contributed by atoms with van der Waals surface area (Å²) >= 11 is 0. The Hall–Kier alpha value is 0.576. The van der Waals surface area contributed by atoms with E-state index in [0.717, 1.165) is 38.5 Å². The first-order chi connectivity index (χ1) is 13.7. The summed E-state index contributed by atoms with van der Waals surface area (Å²) in [6, 6.07) is 0. The number of rotatable bonds is 20. The van der Waals surface area contributed by atoms with Crippen LogP contribution in [0.3, 0.4) is 0 Å². The zero-order valence-corrected chi connectivity index (χ0v) is 18.8. The second kappa shape index (κ2) is 26.6. The van der Waals surface area contributed by atoms with Crippen molar-refractivity contribution in [3.8, 4) is 0 Å². The predicted molar refractivity (Wildman–Crippen MR) is 123 cm³/mol. The second-order valence-electron chi connectivity index (χ2n) is 8.07. The topological polar surface area (TPSA) is 52.6 Å². The van der Waals surface area contributed by atoms with Crippen LogP contribution in [0.5, 0.6) is 0 Å². The summed E-state index contributed by atoms with van der Waals surface area (Å²) in [5.41, 5.74) is 0. The minimum absolute atomic E-state index is 0. The Morgan fingerprint density at radius 2 is 0.690 bits per heavy atom. The Morgan fingerprint density at radius 1 is 0.448 bits per heavy atom. The molecule has 0 fully saturated rings. The molecule has 0 atom stereocenters. The average molecular weight is 439 g/mol. The molecule has 0 aromatic rings. The maximum absolute atomic E-state index is 11.6. The van der Waals surface area contributed by atoms with E-state index in [4.69, 9.17) is 0 Å². The van der Waals surface area contributed by atoms with Gasteiger partial charge in [0.2, 0.25) is 0 Å². The third-order valence-corrected chi connectivity index (χ3v) is 5.20. The Balaban J connectivity index is 0. The van der Waals surface area contributed by atoms with Gasteiger partial charge in [-0.25, -0.2) is 19.4 Å². The van der Waals surface area contributed by atoms with Crippen LogP contribution in [-0.2, 0) is 19.4 Å². The van der Waals surface area contributed by atoms with Crippen molar-refractivity contribution in [2.24, 2.45) is 0 Å². The van der Waals surface area contributed by atoms with E-state index in [2.05, 4.69) is 23.6 Å². The molecule has 0 spiro atoms. The number of hydrogen-bond acceptors (Lipinski definition) is 4. The van der Waals surface area contributed by atoms with E-state index in [1.54, 1.807) is 0 Å². The van der Waals surface area contributed by atoms with Gasteiger partial charge in [-0.3, -0.25) is 0 Å². The van der Waals surface area contributed by atoms with Gasteiger partial charge >= 0.3 is 63.3 Å². The quantitative estimate of drug-likeness (QED) is 0.0874. The van der Waals surface area contributed by atoms with Crippen molar-refractivity contribution in [2.75, 3.05) is 0 Å². The summed E-state index contributed by atoms with van der Waals surface area (Å²) < 4.78 is 0. The van der Waals surface area contributed by atoms with Crippen molar-refractivity contribution in [2.45, 2.75) is 142 Å². The fraction of sp³-hybridized carbons (Fsp3) is 0.917. The molecule has 0 aliphatic carbocycles. The molecule has 5 heteroatoms. The molecule has 0 unspecified atom stereocenters.